The smallest absolute Gasteiger partial charge is 0.117 e. The van der Waals surface area contributed by atoms with Crippen LogP contribution in [0.3, 0.4) is 0 Å². The van der Waals surface area contributed by atoms with E-state index < -0.39 is 0 Å². The van der Waals surface area contributed by atoms with Gasteiger partial charge in [0.05, 0.1) is 0 Å². The van der Waals surface area contributed by atoms with Gasteiger partial charge in [0, 0.05) is 13.0 Å². The molecule has 1 atom stereocenters. The first-order valence-electron chi connectivity index (χ1n) is 7.86. The van der Waals surface area contributed by atoms with Crippen molar-refractivity contribution < 1.29 is 4.74 Å². The van der Waals surface area contributed by atoms with Crippen molar-refractivity contribution in [2.75, 3.05) is 6.61 Å². The molecule has 108 valence electrons. The van der Waals surface area contributed by atoms with Gasteiger partial charge in [0.15, 0.2) is 0 Å². The zero-order valence-electron chi connectivity index (χ0n) is 12.6. The first-order valence-corrected chi connectivity index (χ1v) is 7.86. The molecule has 0 aromatic heterocycles. The average molecular weight is 262 g/mol. The third kappa shape index (κ3) is 13.3. The highest BCUT2D eigenvalue weighted by atomic mass is 16.5. The summed E-state index contributed by atoms with van der Waals surface area (Å²) >= 11 is 0. The van der Waals surface area contributed by atoms with Crippen LogP contribution in [0, 0.1) is 24.7 Å². The lowest BCUT2D eigenvalue weighted by atomic mass is 10.0. The van der Waals surface area contributed by atoms with Gasteiger partial charge in [-0.15, -0.1) is 18.8 Å². The Morgan fingerprint density at radius 2 is 1.37 bits per heavy atom. The quantitative estimate of drug-likeness (QED) is 0.337. The Balaban J connectivity index is 3.15. The molecule has 0 bridgehead atoms. The minimum Gasteiger partial charge on any atom is -0.366 e. The molecule has 0 amide bonds. The van der Waals surface area contributed by atoms with Gasteiger partial charge in [-0.2, -0.15) is 0 Å². The summed E-state index contributed by atoms with van der Waals surface area (Å²) in [6, 6.07) is 0. The van der Waals surface area contributed by atoms with Crippen LogP contribution in [0.4, 0.5) is 0 Å². The van der Waals surface area contributed by atoms with Gasteiger partial charge in [0.1, 0.15) is 6.10 Å². The Morgan fingerprint density at radius 1 is 0.842 bits per heavy atom. The summed E-state index contributed by atoms with van der Waals surface area (Å²) in [7, 11) is 0. The Kier molecular flexibility index (Phi) is 14.4. The molecule has 1 unspecified atom stereocenters. The molecule has 0 aliphatic rings. The monoisotopic (exact) mass is 262 g/mol. The number of rotatable bonds is 13. The molecule has 0 heterocycles. The van der Waals surface area contributed by atoms with Crippen molar-refractivity contribution in [3.63, 3.8) is 0 Å². The van der Waals surface area contributed by atoms with Crippen molar-refractivity contribution in [3.05, 3.63) is 0 Å². The molecule has 0 rings (SSSR count). The van der Waals surface area contributed by atoms with E-state index in [0.29, 0.717) is 6.61 Å². The molecule has 0 N–H and O–H groups in total. The van der Waals surface area contributed by atoms with Gasteiger partial charge < -0.3 is 4.74 Å². The van der Waals surface area contributed by atoms with Crippen LogP contribution >= 0.6 is 0 Å². The fraction of sp³-hybridized carbons (Fsp3) is 0.778. The molecule has 1 nitrogen and oxygen atoms in total. The van der Waals surface area contributed by atoms with E-state index in [1.807, 2.05) is 6.92 Å². The maximum absolute atomic E-state index is 5.43. The summed E-state index contributed by atoms with van der Waals surface area (Å²) in [5, 5.41) is 0. The van der Waals surface area contributed by atoms with Crippen molar-refractivity contribution in [2.45, 2.75) is 83.7 Å². The predicted molar refractivity (Wildman–Crippen MR) is 83.9 cm³/mol. The summed E-state index contributed by atoms with van der Waals surface area (Å²) in [6.07, 6.45) is 24.3. The van der Waals surface area contributed by atoms with Crippen molar-refractivity contribution in [1.29, 1.82) is 0 Å². The fourth-order valence-electron chi connectivity index (χ4n) is 2.21. The summed E-state index contributed by atoms with van der Waals surface area (Å²) in [5.74, 6) is 5.39. The van der Waals surface area contributed by atoms with Crippen LogP contribution in [-0.2, 0) is 4.74 Å². The van der Waals surface area contributed by atoms with Crippen LogP contribution in [0.25, 0.3) is 0 Å². The zero-order chi connectivity index (χ0) is 14.2. The Labute approximate surface area is 120 Å². The number of hydrogen-bond donors (Lipinski definition) is 0. The molecule has 1 heteroatoms. The van der Waals surface area contributed by atoms with E-state index in [0.717, 1.165) is 12.8 Å². The van der Waals surface area contributed by atoms with Gasteiger partial charge >= 0.3 is 0 Å². The Hall–Kier alpha value is -0.920. The topological polar surface area (TPSA) is 9.23 Å². The van der Waals surface area contributed by atoms with Crippen molar-refractivity contribution in [3.8, 4) is 24.7 Å². The van der Waals surface area contributed by atoms with E-state index >= 15 is 0 Å². The minimum atomic E-state index is 0.0288. The van der Waals surface area contributed by atoms with Gasteiger partial charge in [-0.1, -0.05) is 50.9 Å². The van der Waals surface area contributed by atoms with Crippen LogP contribution in [0.5, 0.6) is 0 Å². The molecule has 0 spiro atoms. The standard InChI is InChI=1S/C18H30O/c1-4-7-8-9-10-11-12-13-14-15-16-17-18(5-2)19-6-3/h1-2,18H,6-17H2,3H3. The van der Waals surface area contributed by atoms with E-state index in [2.05, 4.69) is 11.8 Å². The third-order valence-electron chi connectivity index (χ3n) is 3.34. The van der Waals surface area contributed by atoms with Gasteiger partial charge in [0.2, 0.25) is 0 Å². The predicted octanol–water partition coefficient (Wildman–Crippen LogP) is 4.95. The maximum atomic E-state index is 5.43. The van der Waals surface area contributed by atoms with Crippen LogP contribution < -0.4 is 0 Å². The second kappa shape index (κ2) is 15.1. The van der Waals surface area contributed by atoms with E-state index in [9.17, 15) is 0 Å². The highest BCUT2D eigenvalue weighted by molar-refractivity contribution is 4.94. The molecule has 0 radical (unpaired) electrons. The molecule has 0 aromatic rings. The van der Waals surface area contributed by atoms with Crippen LogP contribution in [0.2, 0.25) is 0 Å². The van der Waals surface area contributed by atoms with E-state index in [1.165, 1.54) is 57.8 Å². The van der Waals surface area contributed by atoms with Crippen LogP contribution in [0.1, 0.15) is 77.6 Å². The van der Waals surface area contributed by atoms with E-state index in [4.69, 9.17) is 17.6 Å². The van der Waals surface area contributed by atoms with Crippen LogP contribution in [0.15, 0.2) is 0 Å². The molecule has 0 saturated carbocycles. The zero-order valence-corrected chi connectivity index (χ0v) is 12.6. The Bertz CT molecular complexity index is 256. The summed E-state index contributed by atoms with van der Waals surface area (Å²) in [4.78, 5) is 0. The van der Waals surface area contributed by atoms with Crippen molar-refractivity contribution in [2.24, 2.45) is 0 Å². The Morgan fingerprint density at radius 3 is 1.84 bits per heavy atom. The summed E-state index contributed by atoms with van der Waals surface area (Å²) < 4.78 is 5.43. The highest BCUT2D eigenvalue weighted by Crippen LogP contribution is 2.12. The molecule has 0 aliphatic heterocycles. The second-order valence-electron chi connectivity index (χ2n) is 5.04. The van der Waals surface area contributed by atoms with Gasteiger partial charge in [-0.3, -0.25) is 0 Å². The van der Waals surface area contributed by atoms with Gasteiger partial charge in [0.25, 0.3) is 0 Å². The molecule has 0 aromatic carbocycles. The molecule has 19 heavy (non-hydrogen) atoms. The first-order chi connectivity index (χ1) is 9.35. The van der Waals surface area contributed by atoms with Crippen molar-refractivity contribution >= 4 is 0 Å². The van der Waals surface area contributed by atoms with E-state index in [-0.39, 0.29) is 6.10 Å². The SMILES string of the molecule is C#CCCCCCCCCCCCC(C#C)OCC. The van der Waals surface area contributed by atoms with Crippen molar-refractivity contribution in [1.82, 2.24) is 0 Å². The second-order valence-corrected chi connectivity index (χ2v) is 5.04. The highest BCUT2D eigenvalue weighted by Gasteiger charge is 2.02. The lowest BCUT2D eigenvalue weighted by Crippen LogP contribution is -2.09. The van der Waals surface area contributed by atoms with Crippen LogP contribution in [-0.4, -0.2) is 12.7 Å². The van der Waals surface area contributed by atoms with E-state index in [1.54, 1.807) is 0 Å². The lowest BCUT2D eigenvalue weighted by molar-refractivity contribution is 0.0949. The number of hydrogen-bond acceptors (Lipinski definition) is 1. The fourth-order valence-corrected chi connectivity index (χ4v) is 2.21. The lowest BCUT2D eigenvalue weighted by Gasteiger charge is -2.09. The largest absolute Gasteiger partial charge is 0.366 e. The minimum absolute atomic E-state index is 0.0288. The maximum Gasteiger partial charge on any atom is 0.117 e. The molecule has 0 saturated heterocycles. The third-order valence-corrected chi connectivity index (χ3v) is 3.34. The van der Waals surface area contributed by atoms with Gasteiger partial charge in [-0.05, 0) is 26.2 Å². The number of terminal acetylenes is 2. The average Bonchev–Trinajstić information content (AvgIpc) is 2.43. The molecule has 0 fully saturated rings. The first kappa shape index (κ1) is 18.1. The summed E-state index contributed by atoms with van der Waals surface area (Å²) in [5.41, 5.74) is 0. The molecular weight excluding hydrogens is 232 g/mol. The normalized spacial score (nSPS) is 11.7. The number of ether oxygens (including phenoxy) is 1. The molecular formula is C18H30O. The molecule has 0 aliphatic carbocycles. The summed E-state index contributed by atoms with van der Waals surface area (Å²) in [6.45, 7) is 2.71. The number of unbranched alkanes of at least 4 members (excludes halogenated alkanes) is 9. The van der Waals surface area contributed by atoms with Gasteiger partial charge in [-0.25, -0.2) is 0 Å².